The van der Waals surface area contributed by atoms with Gasteiger partial charge in [0.05, 0.1) is 22.9 Å². The fourth-order valence-electron chi connectivity index (χ4n) is 3.20. The Balaban J connectivity index is 1.65. The maximum absolute atomic E-state index is 4.86. The van der Waals surface area contributed by atoms with Gasteiger partial charge in [0.1, 0.15) is 5.82 Å². The lowest BCUT2D eigenvalue weighted by molar-refractivity contribution is 0.797. The first kappa shape index (κ1) is 15.5. The van der Waals surface area contributed by atoms with Crippen LogP contribution in [0.5, 0.6) is 0 Å². The highest BCUT2D eigenvalue weighted by molar-refractivity contribution is 5.94. The highest BCUT2D eigenvalue weighted by Crippen LogP contribution is 2.29. The van der Waals surface area contributed by atoms with Crippen molar-refractivity contribution < 1.29 is 0 Å². The lowest BCUT2D eigenvalue weighted by atomic mass is 10.1. The molecule has 4 aromatic heterocycles. The first-order chi connectivity index (χ1) is 13.3. The van der Waals surface area contributed by atoms with Crippen LogP contribution in [-0.2, 0) is 7.05 Å². The van der Waals surface area contributed by atoms with Crippen molar-refractivity contribution in [1.29, 1.82) is 0 Å². The van der Waals surface area contributed by atoms with Gasteiger partial charge < -0.3 is 5.32 Å². The summed E-state index contributed by atoms with van der Waals surface area (Å²) in [5, 5.41) is 9.84. The molecule has 0 atom stereocenters. The van der Waals surface area contributed by atoms with Crippen molar-refractivity contribution in [2.75, 3.05) is 5.32 Å². The van der Waals surface area contributed by atoms with Gasteiger partial charge in [-0.15, -0.1) is 0 Å². The van der Waals surface area contributed by atoms with Gasteiger partial charge in [-0.05, 0) is 48.5 Å². The van der Waals surface area contributed by atoms with E-state index < -0.39 is 0 Å². The van der Waals surface area contributed by atoms with Crippen LogP contribution in [0.2, 0.25) is 0 Å². The number of hydrogen-bond acceptors (Lipinski definition) is 5. The first-order valence-corrected chi connectivity index (χ1v) is 8.63. The summed E-state index contributed by atoms with van der Waals surface area (Å²) in [7, 11) is 1.94. The Bertz CT molecular complexity index is 1260. The molecule has 5 rings (SSSR count). The molecule has 130 valence electrons. The van der Waals surface area contributed by atoms with Crippen LogP contribution in [0.4, 0.5) is 11.5 Å². The summed E-state index contributed by atoms with van der Waals surface area (Å²) >= 11 is 0. The second kappa shape index (κ2) is 6.17. The van der Waals surface area contributed by atoms with Crippen molar-refractivity contribution in [2.24, 2.45) is 7.05 Å². The minimum atomic E-state index is 0.772. The average molecular weight is 352 g/mol. The van der Waals surface area contributed by atoms with Crippen LogP contribution in [0.15, 0.2) is 73.3 Å². The molecule has 0 aliphatic rings. The van der Waals surface area contributed by atoms with E-state index in [1.165, 1.54) is 0 Å². The van der Waals surface area contributed by atoms with Gasteiger partial charge in [-0.3, -0.25) is 14.6 Å². The molecule has 6 nitrogen and oxygen atoms in total. The largest absolute Gasteiger partial charge is 0.340 e. The molecule has 0 saturated carbocycles. The van der Waals surface area contributed by atoms with Crippen molar-refractivity contribution in [3.8, 4) is 11.3 Å². The minimum absolute atomic E-state index is 0.772. The quantitative estimate of drug-likeness (QED) is 0.524. The number of fused-ring (bicyclic) bond motifs is 2. The number of aromatic nitrogens is 5. The molecule has 0 saturated heterocycles. The smallest absolute Gasteiger partial charge is 0.140 e. The zero-order chi connectivity index (χ0) is 18.2. The van der Waals surface area contributed by atoms with Gasteiger partial charge in [-0.1, -0.05) is 0 Å². The molecule has 4 heterocycles. The Hall–Kier alpha value is -3.80. The summed E-state index contributed by atoms with van der Waals surface area (Å²) in [5.41, 5.74) is 4.77. The number of nitrogens with one attached hydrogen (secondary N) is 1. The third-order valence-electron chi connectivity index (χ3n) is 4.59. The normalized spacial score (nSPS) is 11.1. The monoisotopic (exact) mass is 352 g/mol. The number of pyridine rings is 3. The van der Waals surface area contributed by atoms with Crippen LogP contribution >= 0.6 is 0 Å². The maximum Gasteiger partial charge on any atom is 0.140 e. The number of benzene rings is 1. The van der Waals surface area contributed by atoms with Crippen molar-refractivity contribution in [2.45, 2.75) is 0 Å². The van der Waals surface area contributed by atoms with Crippen molar-refractivity contribution in [1.82, 2.24) is 24.7 Å². The molecule has 0 amide bonds. The fraction of sp³-hybridized carbons (Fsp3) is 0.0476. The molecule has 0 fully saturated rings. The van der Waals surface area contributed by atoms with Crippen molar-refractivity contribution in [3.63, 3.8) is 0 Å². The highest BCUT2D eigenvalue weighted by atomic mass is 15.2. The molecule has 6 heteroatoms. The molecular formula is C21H16N6. The molecule has 1 aromatic carbocycles. The van der Waals surface area contributed by atoms with Crippen LogP contribution in [0.3, 0.4) is 0 Å². The van der Waals surface area contributed by atoms with E-state index in [9.17, 15) is 0 Å². The van der Waals surface area contributed by atoms with E-state index in [0.717, 1.165) is 44.6 Å². The molecule has 0 aliphatic heterocycles. The summed E-state index contributed by atoms with van der Waals surface area (Å²) < 4.78 is 1.86. The van der Waals surface area contributed by atoms with Gasteiger partial charge in [-0.2, -0.15) is 5.10 Å². The zero-order valence-corrected chi connectivity index (χ0v) is 14.7. The van der Waals surface area contributed by atoms with Gasteiger partial charge in [0.2, 0.25) is 0 Å². The Morgan fingerprint density at radius 3 is 2.74 bits per heavy atom. The van der Waals surface area contributed by atoms with Gasteiger partial charge in [0.25, 0.3) is 0 Å². The number of anilines is 2. The minimum Gasteiger partial charge on any atom is -0.340 e. The molecule has 5 aromatic rings. The Morgan fingerprint density at radius 1 is 0.963 bits per heavy atom. The molecule has 0 bridgehead atoms. The number of hydrogen-bond donors (Lipinski definition) is 1. The van der Waals surface area contributed by atoms with Gasteiger partial charge >= 0.3 is 0 Å². The molecule has 0 unspecified atom stereocenters. The third kappa shape index (κ3) is 2.77. The van der Waals surface area contributed by atoms with Crippen LogP contribution in [0, 0.1) is 0 Å². The number of aryl methyl sites for hydroxylation is 1. The fourth-order valence-corrected chi connectivity index (χ4v) is 3.20. The van der Waals surface area contributed by atoms with Crippen LogP contribution in [0.25, 0.3) is 33.1 Å². The lowest BCUT2D eigenvalue weighted by Gasteiger charge is -2.11. The number of nitrogens with zero attached hydrogens (tertiary/aromatic N) is 5. The summed E-state index contributed by atoms with van der Waals surface area (Å²) in [6, 6.07) is 16.0. The van der Waals surface area contributed by atoms with Crippen molar-refractivity contribution >= 4 is 33.3 Å². The molecule has 0 radical (unpaired) electrons. The molecule has 0 spiro atoms. The predicted octanol–water partition coefficient (Wildman–Crippen LogP) is 4.32. The van der Waals surface area contributed by atoms with E-state index in [0.29, 0.717) is 0 Å². The predicted molar refractivity (Wildman–Crippen MR) is 107 cm³/mol. The second-order valence-electron chi connectivity index (χ2n) is 6.33. The summed E-state index contributed by atoms with van der Waals surface area (Å²) in [5.74, 6) is 0.772. The maximum atomic E-state index is 4.86. The third-order valence-corrected chi connectivity index (χ3v) is 4.59. The molecule has 0 aliphatic carbocycles. The summed E-state index contributed by atoms with van der Waals surface area (Å²) in [6.07, 6.45) is 7.19. The highest BCUT2D eigenvalue weighted by Gasteiger charge is 2.10. The van der Waals surface area contributed by atoms with Gasteiger partial charge in [-0.25, -0.2) is 4.98 Å². The van der Waals surface area contributed by atoms with E-state index in [4.69, 9.17) is 4.98 Å². The van der Waals surface area contributed by atoms with E-state index >= 15 is 0 Å². The van der Waals surface area contributed by atoms with Crippen LogP contribution in [-0.4, -0.2) is 24.7 Å². The average Bonchev–Trinajstić information content (AvgIpc) is 3.09. The Kier molecular flexibility index (Phi) is 3.53. The Morgan fingerprint density at radius 2 is 1.85 bits per heavy atom. The van der Waals surface area contributed by atoms with Crippen LogP contribution < -0.4 is 5.32 Å². The SMILES string of the molecule is Cn1ncc2ccc(Nc3nc(-c4ccncc4)cc4ncccc34)cc21. The van der Waals surface area contributed by atoms with E-state index in [-0.39, 0.29) is 0 Å². The van der Waals surface area contributed by atoms with E-state index in [1.807, 2.05) is 54.3 Å². The van der Waals surface area contributed by atoms with E-state index in [2.05, 4.69) is 32.5 Å². The summed E-state index contributed by atoms with van der Waals surface area (Å²) in [4.78, 5) is 13.5. The van der Waals surface area contributed by atoms with E-state index in [1.54, 1.807) is 18.6 Å². The van der Waals surface area contributed by atoms with Crippen LogP contribution in [0.1, 0.15) is 0 Å². The number of rotatable bonds is 3. The van der Waals surface area contributed by atoms with Crippen molar-refractivity contribution in [3.05, 3.63) is 73.3 Å². The second-order valence-corrected chi connectivity index (χ2v) is 6.33. The van der Waals surface area contributed by atoms with Gasteiger partial charge in [0, 0.05) is 47.7 Å². The molecular weight excluding hydrogens is 336 g/mol. The molecule has 1 N–H and O–H groups in total. The lowest BCUT2D eigenvalue weighted by Crippen LogP contribution is -1.98. The first-order valence-electron chi connectivity index (χ1n) is 8.63. The van der Waals surface area contributed by atoms with Gasteiger partial charge in [0.15, 0.2) is 0 Å². The Labute approximate surface area is 155 Å². The topological polar surface area (TPSA) is 68.5 Å². The zero-order valence-electron chi connectivity index (χ0n) is 14.7. The molecule has 27 heavy (non-hydrogen) atoms. The summed E-state index contributed by atoms with van der Waals surface area (Å²) in [6.45, 7) is 0. The standard InChI is InChI=1S/C21H16N6/c1-27-20-11-16(5-4-15(20)13-24-27)25-21-17-3-2-8-23-19(17)12-18(26-21)14-6-9-22-10-7-14/h2-13H,1H3,(H,25,26).